The summed E-state index contributed by atoms with van der Waals surface area (Å²) in [6, 6.07) is 5.95. The Bertz CT molecular complexity index is 495. The van der Waals surface area contributed by atoms with E-state index >= 15 is 0 Å². The van der Waals surface area contributed by atoms with Gasteiger partial charge in [-0.1, -0.05) is 0 Å². The van der Waals surface area contributed by atoms with E-state index in [-0.39, 0.29) is 5.97 Å². The minimum Gasteiger partial charge on any atom is -0.465 e. The van der Waals surface area contributed by atoms with E-state index in [1.165, 1.54) is 31.2 Å². The van der Waals surface area contributed by atoms with Gasteiger partial charge in [-0.05, 0) is 62.0 Å². The number of benzene rings is 1. The number of ether oxygens (including phenoxy) is 1. The number of anilines is 1. The second-order valence-corrected chi connectivity index (χ2v) is 5.72. The van der Waals surface area contributed by atoms with Crippen LogP contribution < -0.4 is 10.2 Å². The number of hydrogen-bond acceptors (Lipinski definition) is 4. The lowest BCUT2D eigenvalue weighted by Gasteiger charge is -2.29. The number of esters is 1. The zero-order valence-corrected chi connectivity index (χ0v) is 12.0. The molecule has 2 aliphatic rings. The number of methoxy groups -OCH3 is 1. The van der Waals surface area contributed by atoms with E-state index in [4.69, 9.17) is 4.74 Å². The molecule has 1 fully saturated rings. The first-order valence-electron chi connectivity index (χ1n) is 7.45. The number of rotatable bonds is 3. The summed E-state index contributed by atoms with van der Waals surface area (Å²) in [5, 5.41) is 3.42. The number of hydrogen-bond donors (Lipinski definition) is 1. The van der Waals surface area contributed by atoms with Crippen molar-refractivity contribution in [3.63, 3.8) is 0 Å². The fourth-order valence-electron chi connectivity index (χ4n) is 3.28. The standard InChI is InChI=1S/C16H22N2O2/c1-20-16(19)14-2-3-15-13(10-14)6-9-18(15)11-12-4-7-17-8-5-12/h2-3,10,12,17H,4-9,11H2,1H3. The molecular formula is C16H22N2O2. The van der Waals surface area contributed by atoms with Gasteiger partial charge in [0.2, 0.25) is 0 Å². The molecule has 0 unspecified atom stereocenters. The second kappa shape index (κ2) is 5.83. The maximum Gasteiger partial charge on any atom is 0.337 e. The van der Waals surface area contributed by atoms with Gasteiger partial charge in [0.05, 0.1) is 12.7 Å². The summed E-state index contributed by atoms with van der Waals surface area (Å²) in [5.74, 6) is 0.548. The van der Waals surface area contributed by atoms with Gasteiger partial charge in [-0.3, -0.25) is 0 Å². The molecule has 1 saturated heterocycles. The normalized spacial score (nSPS) is 18.9. The number of fused-ring (bicyclic) bond motifs is 1. The topological polar surface area (TPSA) is 41.6 Å². The third kappa shape index (κ3) is 2.66. The van der Waals surface area contributed by atoms with Gasteiger partial charge in [0.25, 0.3) is 0 Å². The zero-order chi connectivity index (χ0) is 13.9. The maximum atomic E-state index is 11.6. The average molecular weight is 274 g/mol. The Morgan fingerprint density at radius 1 is 1.40 bits per heavy atom. The molecule has 0 aromatic heterocycles. The zero-order valence-electron chi connectivity index (χ0n) is 12.0. The lowest BCUT2D eigenvalue weighted by molar-refractivity contribution is 0.0600. The SMILES string of the molecule is COC(=O)c1ccc2c(c1)CCN2CC1CCNCC1. The summed E-state index contributed by atoms with van der Waals surface area (Å²) >= 11 is 0. The van der Waals surface area contributed by atoms with E-state index in [0.29, 0.717) is 5.56 Å². The quantitative estimate of drug-likeness (QED) is 0.854. The average Bonchev–Trinajstić information content (AvgIpc) is 2.90. The van der Waals surface area contributed by atoms with Crippen molar-refractivity contribution in [3.05, 3.63) is 29.3 Å². The predicted octanol–water partition coefficient (Wildman–Crippen LogP) is 1.84. The molecule has 4 nitrogen and oxygen atoms in total. The molecule has 20 heavy (non-hydrogen) atoms. The number of piperidine rings is 1. The third-order valence-electron chi connectivity index (χ3n) is 4.43. The Morgan fingerprint density at radius 2 is 2.20 bits per heavy atom. The number of carbonyl (C=O) groups excluding carboxylic acids is 1. The van der Waals surface area contributed by atoms with Gasteiger partial charge >= 0.3 is 5.97 Å². The summed E-state index contributed by atoms with van der Waals surface area (Å²) in [4.78, 5) is 14.0. The van der Waals surface area contributed by atoms with Crippen molar-refractivity contribution in [2.24, 2.45) is 5.92 Å². The summed E-state index contributed by atoms with van der Waals surface area (Å²) in [7, 11) is 1.43. The largest absolute Gasteiger partial charge is 0.465 e. The van der Waals surface area contributed by atoms with Crippen molar-refractivity contribution in [3.8, 4) is 0 Å². The van der Waals surface area contributed by atoms with Gasteiger partial charge in [-0.25, -0.2) is 4.79 Å². The van der Waals surface area contributed by atoms with Crippen molar-refractivity contribution in [2.75, 3.05) is 38.2 Å². The molecule has 0 saturated carbocycles. The van der Waals surface area contributed by atoms with Gasteiger partial charge in [0.15, 0.2) is 0 Å². The molecule has 1 aromatic carbocycles. The highest BCUT2D eigenvalue weighted by molar-refractivity contribution is 5.90. The molecule has 0 atom stereocenters. The van der Waals surface area contributed by atoms with Gasteiger partial charge in [0, 0.05) is 18.8 Å². The Balaban J connectivity index is 1.71. The van der Waals surface area contributed by atoms with Crippen LogP contribution in [-0.2, 0) is 11.2 Å². The first-order chi connectivity index (χ1) is 9.78. The van der Waals surface area contributed by atoms with E-state index < -0.39 is 0 Å². The van der Waals surface area contributed by atoms with Crippen LogP contribution in [0.25, 0.3) is 0 Å². The minimum atomic E-state index is -0.246. The van der Waals surface area contributed by atoms with Gasteiger partial charge in [-0.2, -0.15) is 0 Å². The Labute approximate surface area is 120 Å². The second-order valence-electron chi connectivity index (χ2n) is 5.72. The molecule has 1 N–H and O–H groups in total. The van der Waals surface area contributed by atoms with Crippen molar-refractivity contribution in [1.82, 2.24) is 5.32 Å². The number of nitrogens with one attached hydrogen (secondary N) is 1. The fraction of sp³-hybridized carbons (Fsp3) is 0.562. The van der Waals surface area contributed by atoms with Crippen LogP contribution in [-0.4, -0.2) is 39.3 Å². The Hall–Kier alpha value is -1.55. The summed E-state index contributed by atoms with van der Waals surface area (Å²) in [5.41, 5.74) is 3.24. The van der Waals surface area contributed by atoms with Crippen LogP contribution in [0, 0.1) is 5.92 Å². The molecule has 0 radical (unpaired) electrons. The molecule has 1 aromatic rings. The third-order valence-corrected chi connectivity index (χ3v) is 4.43. The molecule has 0 spiro atoms. The summed E-state index contributed by atoms with van der Waals surface area (Å²) in [6.45, 7) is 4.51. The van der Waals surface area contributed by atoms with E-state index in [1.54, 1.807) is 0 Å². The summed E-state index contributed by atoms with van der Waals surface area (Å²) < 4.78 is 4.78. The molecule has 108 valence electrons. The van der Waals surface area contributed by atoms with Crippen LogP contribution in [0.5, 0.6) is 0 Å². The van der Waals surface area contributed by atoms with E-state index in [1.807, 2.05) is 12.1 Å². The molecule has 2 aliphatic heterocycles. The van der Waals surface area contributed by atoms with Crippen molar-refractivity contribution < 1.29 is 9.53 Å². The van der Waals surface area contributed by atoms with Crippen molar-refractivity contribution in [1.29, 1.82) is 0 Å². The van der Waals surface area contributed by atoms with E-state index in [9.17, 15) is 4.79 Å². The summed E-state index contributed by atoms with van der Waals surface area (Å²) in [6.07, 6.45) is 3.57. The van der Waals surface area contributed by atoms with E-state index in [0.717, 1.165) is 38.5 Å². The van der Waals surface area contributed by atoms with Crippen molar-refractivity contribution >= 4 is 11.7 Å². The van der Waals surface area contributed by atoms with Crippen LogP contribution in [0.2, 0.25) is 0 Å². The molecule has 0 amide bonds. The van der Waals surface area contributed by atoms with Crippen LogP contribution in [0.15, 0.2) is 18.2 Å². The Kier molecular flexibility index (Phi) is 3.92. The first-order valence-corrected chi connectivity index (χ1v) is 7.45. The van der Waals surface area contributed by atoms with Gasteiger partial charge in [-0.15, -0.1) is 0 Å². The first kappa shape index (κ1) is 13.4. The molecule has 3 rings (SSSR count). The van der Waals surface area contributed by atoms with Crippen LogP contribution in [0.1, 0.15) is 28.8 Å². The minimum absolute atomic E-state index is 0.246. The van der Waals surface area contributed by atoms with Gasteiger partial charge in [0.1, 0.15) is 0 Å². The van der Waals surface area contributed by atoms with Crippen LogP contribution in [0.3, 0.4) is 0 Å². The van der Waals surface area contributed by atoms with E-state index in [2.05, 4.69) is 16.3 Å². The molecule has 0 bridgehead atoms. The lowest BCUT2D eigenvalue weighted by atomic mass is 9.97. The predicted molar refractivity (Wildman–Crippen MR) is 79.3 cm³/mol. The highest BCUT2D eigenvalue weighted by Gasteiger charge is 2.24. The smallest absolute Gasteiger partial charge is 0.337 e. The highest BCUT2D eigenvalue weighted by Crippen LogP contribution is 2.30. The Morgan fingerprint density at radius 3 is 2.95 bits per heavy atom. The van der Waals surface area contributed by atoms with Crippen molar-refractivity contribution in [2.45, 2.75) is 19.3 Å². The highest BCUT2D eigenvalue weighted by atomic mass is 16.5. The monoisotopic (exact) mass is 274 g/mol. The number of nitrogens with zero attached hydrogens (tertiary/aromatic N) is 1. The maximum absolute atomic E-state index is 11.6. The molecule has 4 heteroatoms. The van der Waals surface area contributed by atoms with Crippen LogP contribution in [0.4, 0.5) is 5.69 Å². The van der Waals surface area contributed by atoms with Gasteiger partial charge < -0.3 is 15.0 Å². The molecular weight excluding hydrogens is 252 g/mol. The fourth-order valence-corrected chi connectivity index (χ4v) is 3.28. The lowest BCUT2D eigenvalue weighted by Crippen LogP contribution is -2.35. The van der Waals surface area contributed by atoms with Crippen LogP contribution >= 0.6 is 0 Å². The molecule has 2 heterocycles. The molecule has 0 aliphatic carbocycles. The number of carbonyl (C=O) groups is 1.